The van der Waals surface area contributed by atoms with Crippen LogP contribution in [0.5, 0.6) is 5.88 Å². The zero-order chi connectivity index (χ0) is 27.4. The van der Waals surface area contributed by atoms with E-state index in [2.05, 4.69) is 4.98 Å². The first-order chi connectivity index (χ1) is 17.3. The lowest BCUT2D eigenvalue weighted by Gasteiger charge is -2.24. The molecule has 3 rings (SSSR count). The molecule has 6 nitrogen and oxygen atoms in total. The molecule has 1 aromatic carbocycles. The molecular weight excluding hydrogens is 506 g/mol. The van der Waals surface area contributed by atoms with E-state index < -0.39 is 36.4 Å². The van der Waals surface area contributed by atoms with Crippen LogP contribution in [0, 0.1) is 5.92 Å². The third kappa shape index (κ3) is 7.83. The number of esters is 1. The minimum Gasteiger partial charge on any atom is -0.468 e. The Kier molecular flexibility index (Phi) is 8.70. The van der Waals surface area contributed by atoms with E-state index in [1.807, 2.05) is 0 Å². The number of benzene rings is 1. The van der Waals surface area contributed by atoms with Gasteiger partial charge in [0.15, 0.2) is 6.61 Å². The van der Waals surface area contributed by atoms with Crippen molar-refractivity contribution in [3.63, 3.8) is 0 Å². The molecule has 37 heavy (non-hydrogen) atoms. The Labute approximate surface area is 209 Å². The highest BCUT2D eigenvalue weighted by Crippen LogP contribution is 2.38. The highest BCUT2D eigenvalue weighted by atomic mass is 19.4. The van der Waals surface area contributed by atoms with E-state index >= 15 is 0 Å². The minimum absolute atomic E-state index is 0.0373. The van der Waals surface area contributed by atoms with Crippen LogP contribution in [0.1, 0.15) is 43.4 Å². The number of pyridine rings is 1. The van der Waals surface area contributed by atoms with E-state index in [0.717, 1.165) is 24.4 Å². The average molecular weight is 532 g/mol. The van der Waals surface area contributed by atoms with Gasteiger partial charge in [-0.25, -0.2) is 4.98 Å². The molecule has 1 fully saturated rings. The van der Waals surface area contributed by atoms with E-state index in [1.54, 1.807) is 13.8 Å². The van der Waals surface area contributed by atoms with Crippen molar-refractivity contribution in [3.8, 4) is 17.0 Å². The summed E-state index contributed by atoms with van der Waals surface area (Å²) in [4.78, 5) is 30.0. The molecule has 0 N–H and O–H groups in total. The van der Waals surface area contributed by atoms with E-state index in [-0.39, 0.29) is 60.2 Å². The molecule has 1 heterocycles. The van der Waals surface area contributed by atoms with E-state index in [4.69, 9.17) is 9.47 Å². The molecule has 1 aliphatic carbocycles. The number of carbonyl (C=O) groups is 2. The molecular formula is C25H26F6N2O4. The Bertz CT molecular complexity index is 1130. The van der Waals surface area contributed by atoms with E-state index in [1.165, 1.54) is 11.0 Å². The molecule has 0 bridgehead atoms. The normalized spacial score (nSPS) is 13.8. The molecule has 2 aromatic rings. The fourth-order valence-corrected chi connectivity index (χ4v) is 3.73. The van der Waals surface area contributed by atoms with Crippen LogP contribution in [-0.2, 0) is 33.5 Å². The van der Waals surface area contributed by atoms with Gasteiger partial charge in [-0.05, 0) is 61.6 Å². The number of halogens is 6. The minimum atomic E-state index is -4.69. The Morgan fingerprint density at radius 2 is 1.76 bits per heavy atom. The highest BCUT2D eigenvalue weighted by molar-refractivity contribution is 5.82. The van der Waals surface area contributed by atoms with Gasteiger partial charge in [0.2, 0.25) is 11.8 Å². The van der Waals surface area contributed by atoms with Crippen LogP contribution in [0.3, 0.4) is 0 Å². The standard InChI is InChI=1S/C25H26F6N2O4/c1-3-33(23(35)16-5-6-16)13-17-11-18(25(29,30)31)7-8-19(17)20-9-15(10-21(34)36-4-2)12-32-22(20)37-14-24(26,27)28/h7-9,11-12,16H,3-6,10,13-14H2,1-2H3. The van der Waals surface area contributed by atoms with Crippen molar-refractivity contribution in [2.24, 2.45) is 5.92 Å². The Morgan fingerprint density at radius 1 is 1.05 bits per heavy atom. The van der Waals surface area contributed by atoms with Crippen molar-refractivity contribution >= 4 is 11.9 Å². The molecule has 202 valence electrons. The first-order valence-electron chi connectivity index (χ1n) is 11.7. The second kappa shape index (κ2) is 11.4. The third-order valence-corrected chi connectivity index (χ3v) is 5.64. The van der Waals surface area contributed by atoms with Gasteiger partial charge in [0.1, 0.15) is 0 Å². The maximum atomic E-state index is 13.5. The summed E-state index contributed by atoms with van der Waals surface area (Å²) in [5.74, 6) is -1.47. The topological polar surface area (TPSA) is 68.7 Å². The summed E-state index contributed by atoms with van der Waals surface area (Å²) in [5.41, 5.74) is -0.595. The van der Waals surface area contributed by atoms with Crippen LogP contribution in [0.2, 0.25) is 0 Å². The smallest absolute Gasteiger partial charge is 0.422 e. The Morgan fingerprint density at radius 3 is 2.32 bits per heavy atom. The van der Waals surface area contributed by atoms with Crippen LogP contribution < -0.4 is 4.74 Å². The van der Waals surface area contributed by atoms with Crippen molar-refractivity contribution < 1.29 is 45.4 Å². The van der Waals surface area contributed by atoms with Crippen molar-refractivity contribution in [2.75, 3.05) is 19.8 Å². The maximum Gasteiger partial charge on any atom is 0.422 e. The van der Waals surface area contributed by atoms with Gasteiger partial charge in [-0.3, -0.25) is 9.59 Å². The predicted octanol–water partition coefficient (Wildman–Crippen LogP) is 5.57. The number of hydrogen-bond donors (Lipinski definition) is 0. The van der Waals surface area contributed by atoms with Gasteiger partial charge in [0.05, 0.1) is 18.6 Å². The number of carbonyl (C=O) groups excluding carboxylic acids is 2. The number of rotatable bonds is 10. The molecule has 12 heteroatoms. The number of nitrogens with zero attached hydrogens (tertiary/aromatic N) is 2. The SMILES string of the molecule is CCOC(=O)Cc1cnc(OCC(F)(F)F)c(-c2ccc(C(F)(F)F)cc2CN(CC)C(=O)C2CC2)c1. The second-order valence-electron chi connectivity index (χ2n) is 8.58. The molecule has 1 amide bonds. The summed E-state index contributed by atoms with van der Waals surface area (Å²) in [6, 6.07) is 4.10. The van der Waals surface area contributed by atoms with E-state index in [0.29, 0.717) is 12.8 Å². The zero-order valence-electron chi connectivity index (χ0n) is 20.2. The monoisotopic (exact) mass is 532 g/mol. The number of hydrogen-bond acceptors (Lipinski definition) is 5. The first kappa shape index (κ1) is 28.3. The predicted molar refractivity (Wildman–Crippen MR) is 120 cm³/mol. The molecule has 1 saturated carbocycles. The van der Waals surface area contributed by atoms with Crippen molar-refractivity contribution in [1.82, 2.24) is 9.88 Å². The lowest BCUT2D eigenvalue weighted by Crippen LogP contribution is -2.31. The van der Waals surface area contributed by atoms with Gasteiger partial charge in [-0.2, -0.15) is 26.3 Å². The average Bonchev–Trinajstić information content (AvgIpc) is 3.65. The molecule has 0 saturated heterocycles. The molecule has 0 aliphatic heterocycles. The second-order valence-corrected chi connectivity index (χ2v) is 8.58. The van der Waals surface area contributed by atoms with Crippen LogP contribution in [0.4, 0.5) is 26.3 Å². The molecule has 1 aliphatic rings. The summed E-state index contributed by atoms with van der Waals surface area (Å²) in [6.07, 6.45) is -7.11. The van der Waals surface area contributed by atoms with Crippen molar-refractivity contribution in [2.45, 2.75) is 52.0 Å². The summed E-state index contributed by atoms with van der Waals surface area (Å²) in [6.45, 7) is 1.74. The molecule has 1 aromatic heterocycles. The molecule has 0 radical (unpaired) electrons. The third-order valence-electron chi connectivity index (χ3n) is 5.64. The van der Waals surface area contributed by atoms with Crippen LogP contribution in [0.25, 0.3) is 11.1 Å². The van der Waals surface area contributed by atoms with Crippen molar-refractivity contribution in [1.29, 1.82) is 0 Å². The Hall–Kier alpha value is -3.31. The van der Waals surface area contributed by atoms with Crippen LogP contribution in [-0.4, -0.2) is 47.7 Å². The van der Waals surface area contributed by atoms with Gasteiger partial charge >= 0.3 is 18.3 Å². The van der Waals surface area contributed by atoms with Gasteiger partial charge in [0, 0.05) is 30.8 Å². The number of amides is 1. The van der Waals surface area contributed by atoms with E-state index in [9.17, 15) is 35.9 Å². The lowest BCUT2D eigenvalue weighted by molar-refractivity contribution is -0.154. The van der Waals surface area contributed by atoms with Gasteiger partial charge in [0.25, 0.3) is 0 Å². The maximum absolute atomic E-state index is 13.5. The van der Waals surface area contributed by atoms with Crippen LogP contribution in [0.15, 0.2) is 30.5 Å². The number of aromatic nitrogens is 1. The summed E-state index contributed by atoms with van der Waals surface area (Å²) in [5, 5.41) is 0. The summed E-state index contributed by atoms with van der Waals surface area (Å²) >= 11 is 0. The molecule has 0 atom stereocenters. The van der Waals surface area contributed by atoms with Gasteiger partial charge in [-0.15, -0.1) is 0 Å². The zero-order valence-corrected chi connectivity index (χ0v) is 20.2. The van der Waals surface area contributed by atoms with Gasteiger partial charge < -0.3 is 14.4 Å². The van der Waals surface area contributed by atoms with Crippen molar-refractivity contribution in [3.05, 3.63) is 47.2 Å². The fourth-order valence-electron chi connectivity index (χ4n) is 3.73. The first-order valence-corrected chi connectivity index (χ1v) is 11.7. The van der Waals surface area contributed by atoms with Crippen LogP contribution >= 0.6 is 0 Å². The molecule has 0 spiro atoms. The molecule has 0 unspecified atom stereocenters. The number of alkyl halides is 6. The fraction of sp³-hybridized carbons (Fsp3) is 0.480. The van der Waals surface area contributed by atoms with Gasteiger partial charge in [-0.1, -0.05) is 6.07 Å². The Balaban J connectivity index is 2.11. The number of ether oxygens (including phenoxy) is 2. The quantitative estimate of drug-likeness (QED) is 0.296. The summed E-state index contributed by atoms with van der Waals surface area (Å²) in [7, 11) is 0. The highest BCUT2D eigenvalue weighted by Gasteiger charge is 2.35. The largest absolute Gasteiger partial charge is 0.468 e. The lowest BCUT2D eigenvalue weighted by atomic mass is 9.96. The summed E-state index contributed by atoms with van der Waals surface area (Å²) < 4.78 is 89.0.